The van der Waals surface area contributed by atoms with Crippen LogP contribution in [0.25, 0.3) is 0 Å². The molecule has 0 unspecified atom stereocenters. The van der Waals surface area contributed by atoms with Gasteiger partial charge in [0.05, 0.1) is 0 Å². The first-order valence-corrected chi connectivity index (χ1v) is 6.50. The molecule has 0 atom stereocenters. The summed E-state index contributed by atoms with van der Waals surface area (Å²) in [5.74, 6) is -0.706. The molecule has 5 nitrogen and oxygen atoms in total. The summed E-state index contributed by atoms with van der Waals surface area (Å²) in [6, 6.07) is 0. The molecule has 0 aromatic carbocycles. The molecule has 0 aromatic rings. The molecule has 1 aliphatic rings. The van der Waals surface area contributed by atoms with Crippen molar-refractivity contribution in [1.29, 1.82) is 0 Å². The smallest absolute Gasteiger partial charge is 0.330 e. The molecule has 102 valence electrons. The zero-order valence-electron chi connectivity index (χ0n) is 10.9. The number of piperidine rings is 1. The van der Waals surface area contributed by atoms with Crippen LogP contribution in [0, 0.1) is 0 Å². The van der Waals surface area contributed by atoms with Crippen LogP contribution in [0.1, 0.15) is 32.6 Å². The lowest BCUT2D eigenvalue weighted by Gasteiger charge is -2.26. The van der Waals surface area contributed by atoms with Crippen molar-refractivity contribution in [3.05, 3.63) is 11.6 Å². The number of nitrogens with one attached hydrogen (secondary N) is 1. The molecule has 5 heteroatoms. The third-order valence-electron chi connectivity index (χ3n) is 3.11. The fourth-order valence-corrected chi connectivity index (χ4v) is 1.91. The Kier molecular flexibility index (Phi) is 6.43. The minimum atomic E-state index is -0.902. The third-order valence-corrected chi connectivity index (χ3v) is 3.11. The maximum absolute atomic E-state index is 11.8. The van der Waals surface area contributed by atoms with Crippen molar-refractivity contribution in [3.8, 4) is 0 Å². The van der Waals surface area contributed by atoms with E-state index < -0.39 is 5.97 Å². The fourth-order valence-electron chi connectivity index (χ4n) is 1.91. The number of hydrogen-bond acceptors (Lipinski definition) is 3. The van der Waals surface area contributed by atoms with Crippen LogP contribution in [0.15, 0.2) is 11.6 Å². The highest BCUT2D eigenvalue weighted by atomic mass is 16.4. The Morgan fingerprint density at radius 3 is 2.56 bits per heavy atom. The molecule has 2 N–H and O–H groups in total. The van der Waals surface area contributed by atoms with Crippen LogP contribution in [0.5, 0.6) is 0 Å². The minimum absolute atomic E-state index is 0.195. The summed E-state index contributed by atoms with van der Waals surface area (Å²) in [7, 11) is 0. The second-order valence-corrected chi connectivity index (χ2v) is 4.59. The average molecular weight is 254 g/mol. The van der Waals surface area contributed by atoms with Gasteiger partial charge in [0.2, 0.25) is 5.91 Å². The van der Waals surface area contributed by atoms with Gasteiger partial charge in [-0.25, -0.2) is 4.79 Å². The SMILES string of the molecule is CC(=CCNCCC(=O)N1CCCCC1)C(=O)O. The number of carbonyl (C=O) groups excluding carboxylic acids is 1. The van der Waals surface area contributed by atoms with Crippen LogP contribution in [0.2, 0.25) is 0 Å². The number of carboxylic acid groups (broad SMARTS) is 1. The fraction of sp³-hybridized carbons (Fsp3) is 0.692. The molecule has 0 saturated carbocycles. The number of aliphatic carboxylic acids is 1. The van der Waals surface area contributed by atoms with Gasteiger partial charge in [-0.15, -0.1) is 0 Å². The summed E-state index contributed by atoms with van der Waals surface area (Å²) < 4.78 is 0. The van der Waals surface area contributed by atoms with E-state index in [1.54, 1.807) is 13.0 Å². The Morgan fingerprint density at radius 2 is 1.94 bits per heavy atom. The molecule has 0 aromatic heterocycles. The first-order valence-electron chi connectivity index (χ1n) is 6.50. The number of nitrogens with zero attached hydrogens (tertiary/aromatic N) is 1. The molecule has 1 aliphatic heterocycles. The van der Waals surface area contributed by atoms with Gasteiger partial charge in [0.25, 0.3) is 0 Å². The van der Waals surface area contributed by atoms with E-state index in [0.29, 0.717) is 25.1 Å². The zero-order chi connectivity index (χ0) is 13.4. The van der Waals surface area contributed by atoms with E-state index in [-0.39, 0.29) is 5.91 Å². The molecule has 0 radical (unpaired) electrons. The summed E-state index contributed by atoms with van der Waals surface area (Å²) in [5, 5.41) is 11.7. The van der Waals surface area contributed by atoms with Crippen LogP contribution in [-0.4, -0.2) is 48.1 Å². The first kappa shape index (κ1) is 14.7. The number of hydrogen-bond donors (Lipinski definition) is 2. The Morgan fingerprint density at radius 1 is 1.28 bits per heavy atom. The maximum Gasteiger partial charge on any atom is 0.330 e. The van der Waals surface area contributed by atoms with E-state index in [2.05, 4.69) is 5.32 Å². The van der Waals surface area contributed by atoms with E-state index in [1.165, 1.54) is 6.42 Å². The monoisotopic (exact) mass is 254 g/mol. The first-order chi connectivity index (χ1) is 8.61. The summed E-state index contributed by atoms with van der Waals surface area (Å²) in [6.07, 6.45) is 5.55. The van der Waals surface area contributed by atoms with Crippen LogP contribution in [0.4, 0.5) is 0 Å². The van der Waals surface area contributed by atoms with E-state index in [1.807, 2.05) is 4.90 Å². The molecule has 1 amide bonds. The van der Waals surface area contributed by atoms with Crippen LogP contribution >= 0.6 is 0 Å². The van der Waals surface area contributed by atoms with E-state index in [9.17, 15) is 9.59 Å². The minimum Gasteiger partial charge on any atom is -0.478 e. The molecule has 1 fully saturated rings. The third kappa shape index (κ3) is 5.31. The standard InChI is InChI=1S/C13H22N2O3/c1-11(13(17)18)5-7-14-8-6-12(16)15-9-3-2-4-10-15/h5,14H,2-4,6-10H2,1H3,(H,17,18). The summed E-state index contributed by atoms with van der Waals surface area (Å²) in [4.78, 5) is 24.2. The Balaban J connectivity index is 2.12. The predicted molar refractivity (Wildman–Crippen MR) is 69.3 cm³/mol. The van der Waals surface area contributed by atoms with Crippen molar-refractivity contribution in [2.24, 2.45) is 0 Å². The van der Waals surface area contributed by atoms with Gasteiger partial charge in [-0.1, -0.05) is 6.08 Å². The number of rotatable bonds is 6. The molecule has 18 heavy (non-hydrogen) atoms. The topological polar surface area (TPSA) is 69.6 Å². The summed E-state index contributed by atoms with van der Waals surface area (Å²) in [5.41, 5.74) is 0.324. The number of carboxylic acids is 1. The number of carbonyl (C=O) groups is 2. The van der Waals surface area contributed by atoms with Crippen molar-refractivity contribution in [3.63, 3.8) is 0 Å². The van der Waals surface area contributed by atoms with Gasteiger partial charge in [-0.3, -0.25) is 4.79 Å². The number of likely N-dealkylation sites (tertiary alicyclic amines) is 1. The molecule has 1 saturated heterocycles. The summed E-state index contributed by atoms with van der Waals surface area (Å²) in [6.45, 7) is 4.42. The van der Waals surface area contributed by atoms with Gasteiger partial charge in [0, 0.05) is 38.2 Å². The van der Waals surface area contributed by atoms with Gasteiger partial charge >= 0.3 is 5.97 Å². The highest BCUT2D eigenvalue weighted by Crippen LogP contribution is 2.09. The largest absolute Gasteiger partial charge is 0.478 e. The van der Waals surface area contributed by atoms with Crippen molar-refractivity contribution in [1.82, 2.24) is 10.2 Å². The van der Waals surface area contributed by atoms with Crippen LogP contribution in [0.3, 0.4) is 0 Å². The molecular weight excluding hydrogens is 232 g/mol. The quantitative estimate of drug-likeness (QED) is 0.548. The van der Waals surface area contributed by atoms with Crippen LogP contribution < -0.4 is 5.32 Å². The lowest BCUT2D eigenvalue weighted by atomic mass is 10.1. The van der Waals surface area contributed by atoms with E-state index in [4.69, 9.17) is 5.11 Å². The molecule has 0 aliphatic carbocycles. The second kappa shape index (κ2) is 7.87. The van der Waals surface area contributed by atoms with Crippen molar-refractivity contribution >= 4 is 11.9 Å². The highest BCUT2D eigenvalue weighted by molar-refractivity contribution is 5.85. The molecule has 1 heterocycles. The Labute approximate surface area is 108 Å². The summed E-state index contributed by atoms with van der Waals surface area (Å²) >= 11 is 0. The van der Waals surface area contributed by atoms with Crippen molar-refractivity contribution in [2.45, 2.75) is 32.6 Å². The predicted octanol–water partition coefficient (Wildman–Crippen LogP) is 1.01. The molecular formula is C13H22N2O3. The molecule has 0 bridgehead atoms. The van der Waals surface area contributed by atoms with Gasteiger partial charge in [0.1, 0.15) is 0 Å². The van der Waals surface area contributed by atoms with Gasteiger partial charge in [-0.05, 0) is 26.2 Å². The zero-order valence-corrected chi connectivity index (χ0v) is 10.9. The lowest BCUT2D eigenvalue weighted by Crippen LogP contribution is -2.37. The number of amides is 1. The maximum atomic E-state index is 11.8. The van der Waals surface area contributed by atoms with Crippen molar-refractivity contribution < 1.29 is 14.7 Å². The highest BCUT2D eigenvalue weighted by Gasteiger charge is 2.15. The Hall–Kier alpha value is -1.36. The normalized spacial score (nSPS) is 16.7. The van der Waals surface area contributed by atoms with E-state index >= 15 is 0 Å². The van der Waals surface area contributed by atoms with E-state index in [0.717, 1.165) is 25.9 Å². The van der Waals surface area contributed by atoms with Gasteiger partial charge in [-0.2, -0.15) is 0 Å². The van der Waals surface area contributed by atoms with Gasteiger partial charge < -0.3 is 15.3 Å². The van der Waals surface area contributed by atoms with Crippen molar-refractivity contribution in [2.75, 3.05) is 26.2 Å². The second-order valence-electron chi connectivity index (χ2n) is 4.59. The average Bonchev–Trinajstić information content (AvgIpc) is 2.38. The molecule has 1 rings (SSSR count). The van der Waals surface area contributed by atoms with Gasteiger partial charge in [0.15, 0.2) is 0 Å². The molecule has 0 spiro atoms. The Bertz CT molecular complexity index is 320. The van der Waals surface area contributed by atoms with Crippen LogP contribution in [-0.2, 0) is 9.59 Å². The lowest BCUT2D eigenvalue weighted by molar-refractivity contribution is -0.133.